The molecule has 0 saturated carbocycles. The molecule has 0 bridgehead atoms. The van der Waals surface area contributed by atoms with Crippen LogP contribution in [0.2, 0.25) is 0 Å². The highest BCUT2D eigenvalue weighted by molar-refractivity contribution is 7.47. The van der Waals surface area contributed by atoms with Crippen LogP contribution in [0.1, 0.15) is 136 Å². The lowest BCUT2D eigenvalue weighted by molar-refractivity contribution is -0.161. The van der Waals surface area contributed by atoms with Crippen molar-refractivity contribution < 1.29 is 52.6 Å². The van der Waals surface area contributed by atoms with E-state index in [4.69, 9.17) is 24.8 Å². The molecule has 5 N–H and O–H groups in total. The summed E-state index contributed by atoms with van der Waals surface area (Å²) in [6.45, 7) is 2.16. The van der Waals surface area contributed by atoms with Gasteiger partial charge in [0.15, 0.2) is 6.10 Å². The lowest BCUT2D eigenvalue weighted by Crippen LogP contribution is -2.34. The first-order chi connectivity index (χ1) is 29.5. The van der Waals surface area contributed by atoms with Gasteiger partial charge >= 0.3 is 25.7 Å². The first kappa shape index (κ1) is 57.1. The van der Waals surface area contributed by atoms with Gasteiger partial charge in [-0.05, 0) is 103 Å². The van der Waals surface area contributed by atoms with Crippen molar-refractivity contribution in [3.05, 3.63) is 109 Å². The lowest BCUT2D eigenvalue weighted by atomic mass is 10.1. The normalized spacial score (nSPS) is 15.2. The van der Waals surface area contributed by atoms with E-state index in [0.717, 1.165) is 64.2 Å². The van der Waals surface area contributed by atoms with E-state index < -0.39 is 57.7 Å². The van der Waals surface area contributed by atoms with Crippen molar-refractivity contribution in [2.45, 2.75) is 154 Å². The number of aliphatic carboxylic acids is 1. The summed E-state index contributed by atoms with van der Waals surface area (Å²) in [5.41, 5.74) is 5.32. The standard InChI is InChI=1S/C48H76NO11P/c1-3-4-5-6-7-8-9-10-11-12-13-14-17-21-24-27-30-33-36-39-47(52)60-44(41-58-61(55,56)59-42-45(49)48(53)54)40-57-46(51)38-35-32-29-26-23-20-18-15-16-19-22-25-28-31-34-37-43(2)50/h7-8,10-11,13-14,16,18-21,24-26,28-30,33,43-45,50H,3-6,9,12,15,17,22-23,27,31-32,34-42,49H2,1-2H3,(H,53,54)(H,55,56)/b8-7-,11-10-,14-13-,19-16-,20-18-,24-21-,28-25-,29-26-,33-30-/t43-,44-,45+/m1/s1. The number of hydrogen-bond acceptors (Lipinski definition) is 10. The van der Waals surface area contributed by atoms with Crippen LogP contribution in [0, 0.1) is 0 Å². The van der Waals surface area contributed by atoms with E-state index >= 15 is 0 Å². The highest BCUT2D eigenvalue weighted by Gasteiger charge is 2.28. The van der Waals surface area contributed by atoms with Crippen LogP contribution < -0.4 is 5.73 Å². The molecule has 13 heteroatoms. The van der Waals surface area contributed by atoms with Crippen molar-refractivity contribution in [3.8, 4) is 0 Å². The maximum atomic E-state index is 12.6. The number of esters is 2. The SMILES string of the molecule is CCCCC/C=C\C/C=C\C/C=C\C/C=C\C/C=C\CCC(=O)O[C@H](COC(=O)CCC/C=C\C/C=C\C/C=C\C/C=C\CCC[C@@H](C)O)COP(=O)(O)OC[C@H](N)C(=O)O. The average Bonchev–Trinajstić information content (AvgIpc) is 3.22. The van der Waals surface area contributed by atoms with Gasteiger partial charge in [0.2, 0.25) is 0 Å². The molecule has 0 aromatic carbocycles. The van der Waals surface area contributed by atoms with E-state index in [0.29, 0.717) is 25.7 Å². The number of carbonyl (C=O) groups is 3. The number of carboxylic acid groups (broad SMARTS) is 1. The number of rotatable bonds is 39. The number of carbonyl (C=O) groups excluding carboxylic acids is 2. The van der Waals surface area contributed by atoms with Crippen LogP contribution in [-0.4, -0.2) is 71.1 Å². The Morgan fingerprint density at radius 3 is 1.46 bits per heavy atom. The third kappa shape index (κ3) is 42.6. The van der Waals surface area contributed by atoms with E-state index in [1.807, 2.05) is 37.3 Å². The highest BCUT2D eigenvalue weighted by atomic mass is 31.2. The molecule has 0 aromatic rings. The van der Waals surface area contributed by atoms with Crippen LogP contribution in [0.15, 0.2) is 109 Å². The smallest absolute Gasteiger partial charge is 0.472 e. The third-order valence-corrected chi connectivity index (χ3v) is 9.48. The molecule has 0 saturated heterocycles. The second kappa shape index (κ2) is 41.5. The van der Waals surface area contributed by atoms with Crippen LogP contribution in [-0.2, 0) is 37.5 Å². The fraction of sp³-hybridized carbons (Fsp3) is 0.562. The summed E-state index contributed by atoms with van der Waals surface area (Å²) in [7, 11) is -4.76. The second-order valence-electron chi connectivity index (χ2n) is 14.4. The Hall–Kier alpha value is -3.90. The van der Waals surface area contributed by atoms with Gasteiger partial charge in [0.05, 0.1) is 19.3 Å². The molecular formula is C48H76NO11P. The highest BCUT2D eigenvalue weighted by Crippen LogP contribution is 2.43. The van der Waals surface area contributed by atoms with E-state index in [-0.39, 0.29) is 18.9 Å². The van der Waals surface area contributed by atoms with Crippen LogP contribution in [0.25, 0.3) is 0 Å². The van der Waals surface area contributed by atoms with Gasteiger partial charge in [-0.3, -0.25) is 23.4 Å². The molecule has 0 aromatic heterocycles. The van der Waals surface area contributed by atoms with Gasteiger partial charge in [0.25, 0.3) is 0 Å². The van der Waals surface area contributed by atoms with Gasteiger partial charge in [-0.15, -0.1) is 0 Å². The molecule has 0 heterocycles. The Kier molecular flexibility index (Phi) is 38.8. The van der Waals surface area contributed by atoms with Gasteiger partial charge in [0, 0.05) is 12.8 Å². The van der Waals surface area contributed by atoms with Crippen LogP contribution in [0.3, 0.4) is 0 Å². The number of aliphatic hydroxyl groups is 1. The molecule has 0 spiro atoms. The zero-order valence-electron chi connectivity index (χ0n) is 36.8. The van der Waals surface area contributed by atoms with Crippen molar-refractivity contribution in [1.29, 1.82) is 0 Å². The number of unbranched alkanes of at least 4 members (excludes halogenated alkanes) is 5. The topological polar surface area (TPSA) is 192 Å². The van der Waals surface area contributed by atoms with Gasteiger partial charge in [0.1, 0.15) is 12.6 Å². The Balaban J connectivity index is 4.60. The molecule has 0 rings (SSSR count). The summed E-state index contributed by atoms with van der Waals surface area (Å²) in [5, 5.41) is 18.2. The van der Waals surface area contributed by atoms with Crippen molar-refractivity contribution in [3.63, 3.8) is 0 Å². The molecule has 0 aliphatic heterocycles. The fourth-order valence-corrected chi connectivity index (χ4v) is 5.83. The summed E-state index contributed by atoms with van der Waals surface area (Å²) in [4.78, 5) is 45.9. The first-order valence-electron chi connectivity index (χ1n) is 21.9. The van der Waals surface area contributed by atoms with Gasteiger partial charge in [-0.25, -0.2) is 4.57 Å². The lowest BCUT2D eigenvalue weighted by Gasteiger charge is -2.20. The summed E-state index contributed by atoms with van der Waals surface area (Å²) < 4.78 is 32.5. The number of phosphoric acid groups is 1. The van der Waals surface area contributed by atoms with E-state index in [1.165, 1.54) is 19.3 Å². The molecule has 0 aliphatic rings. The molecule has 0 fully saturated rings. The molecule has 61 heavy (non-hydrogen) atoms. The zero-order chi connectivity index (χ0) is 45.1. The van der Waals surface area contributed by atoms with Crippen LogP contribution in [0.5, 0.6) is 0 Å². The molecule has 0 radical (unpaired) electrons. The maximum Gasteiger partial charge on any atom is 0.472 e. The molecule has 344 valence electrons. The Morgan fingerprint density at radius 1 is 0.574 bits per heavy atom. The summed E-state index contributed by atoms with van der Waals surface area (Å²) in [5.74, 6) is -2.59. The van der Waals surface area contributed by atoms with Crippen LogP contribution in [0.4, 0.5) is 0 Å². The molecule has 0 aliphatic carbocycles. The van der Waals surface area contributed by atoms with Crippen molar-refractivity contribution in [2.24, 2.45) is 5.73 Å². The Bertz CT molecular complexity index is 1460. The van der Waals surface area contributed by atoms with E-state index in [1.54, 1.807) is 0 Å². The van der Waals surface area contributed by atoms with Gasteiger partial charge in [-0.2, -0.15) is 0 Å². The van der Waals surface area contributed by atoms with Crippen LogP contribution >= 0.6 is 7.82 Å². The number of nitrogens with two attached hydrogens (primary N) is 1. The second-order valence-corrected chi connectivity index (χ2v) is 15.9. The quantitative estimate of drug-likeness (QED) is 0.0198. The molecular weight excluding hydrogens is 797 g/mol. The van der Waals surface area contributed by atoms with Gasteiger partial charge in [-0.1, -0.05) is 129 Å². The van der Waals surface area contributed by atoms with E-state index in [2.05, 4.69) is 90.4 Å². The number of aliphatic hydroxyl groups excluding tert-OH is 1. The molecule has 12 nitrogen and oxygen atoms in total. The Morgan fingerprint density at radius 2 is 1.00 bits per heavy atom. The minimum atomic E-state index is -4.76. The minimum absolute atomic E-state index is 0.0128. The van der Waals surface area contributed by atoms with Crippen molar-refractivity contribution in [1.82, 2.24) is 0 Å². The van der Waals surface area contributed by atoms with E-state index in [9.17, 15) is 28.9 Å². The number of hydrogen-bond donors (Lipinski definition) is 4. The maximum absolute atomic E-state index is 12.6. The summed E-state index contributed by atoms with van der Waals surface area (Å²) in [6, 6.07) is -1.55. The monoisotopic (exact) mass is 874 g/mol. The average molecular weight is 874 g/mol. The fourth-order valence-electron chi connectivity index (χ4n) is 5.06. The predicted molar refractivity (Wildman–Crippen MR) is 246 cm³/mol. The molecule has 0 amide bonds. The number of allylic oxidation sites excluding steroid dienone is 18. The summed E-state index contributed by atoms with van der Waals surface area (Å²) >= 11 is 0. The van der Waals surface area contributed by atoms with Gasteiger partial charge < -0.3 is 30.3 Å². The van der Waals surface area contributed by atoms with Crippen molar-refractivity contribution >= 4 is 25.7 Å². The Labute approximate surface area is 366 Å². The number of ether oxygens (including phenoxy) is 2. The molecule has 1 unspecified atom stereocenters. The predicted octanol–water partition coefficient (Wildman–Crippen LogP) is 10.8. The first-order valence-corrected chi connectivity index (χ1v) is 23.4. The minimum Gasteiger partial charge on any atom is -0.480 e. The molecule has 4 atom stereocenters. The van der Waals surface area contributed by atoms with Crippen molar-refractivity contribution in [2.75, 3.05) is 19.8 Å². The largest absolute Gasteiger partial charge is 0.480 e. The zero-order valence-corrected chi connectivity index (χ0v) is 37.7. The summed E-state index contributed by atoms with van der Waals surface area (Å²) in [6.07, 6.45) is 51.6. The third-order valence-electron chi connectivity index (χ3n) is 8.53. The number of carboxylic acids is 1. The number of phosphoric ester groups is 1.